The molecule has 0 unspecified atom stereocenters. The lowest BCUT2D eigenvalue weighted by Gasteiger charge is -2.08. The van der Waals surface area contributed by atoms with Gasteiger partial charge in [0.05, 0.1) is 5.69 Å². The highest BCUT2D eigenvalue weighted by atomic mass is 15.3. The monoisotopic (exact) mass is 237 g/mol. The largest absolute Gasteiger partial charge is 0.311 e. The molecule has 17 heavy (non-hydrogen) atoms. The summed E-state index contributed by atoms with van der Waals surface area (Å²) in [5.74, 6) is 0. The second-order valence-corrected chi connectivity index (χ2v) is 4.64. The van der Waals surface area contributed by atoms with E-state index in [0.717, 1.165) is 19.6 Å². The number of aryl methyl sites for hydroxylation is 1. The summed E-state index contributed by atoms with van der Waals surface area (Å²) in [6.07, 6.45) is 9.72. The second-order valence-electron chi connectivity index (χ2n) is 4.64. The van der Waals surface area contributed by atoms with Crippen LogP contribution in [0, 0.1) is 0 Å². The first-order valence-electron chi connectivity index (χ1n) is 7.09. The molecular weight excluding hydrogens is 210 g/mol. The Hall–Kier alpha value is -0.830. The molecule has 0 aliphatic heterocycles. The van der Waals surface area contributed by atoms with Crippen LogP contribution in [0.5, 0.6) is 0 Å². The van der Waals surface area contributed by atoms with Crippen LogP contribution in [0.1, 0.15) is 58.1 Å². The lowest BCUT2D eigenvalue weighted by molar-refractivity contribution is 0.507. The molecule has 0 aliphatic rings. The van der Waals surface area contributed by atoms with Crippen LogP contribution < -0.4 is 5.32 Å². The minimum Gasteiger partial charge on any atom is -0.311 e. The number of aromatic nitrogens is 2. The lowest BCUT2D eigenvalue weighted by Crippen LogP contribution is -2.17. The van der Waals surface area contributed by atoms with Gasteiger partial charge in [-0.2, -0.15) is 5.10 Å². The molecule has 3 heteroatoms. The van der Waals surface area contributed by atoms with Crippen LogP contribution in [0.25, 0.3) is 0 Å². The van der Waals surface area contributed by atoms with Gasteiger partial charge >= 0.3 is 0 Å². The normalized spacial score (nSPS) is 10.9. The standard InChI is InChI=1S/C14H27N3/c1-3-5-6-7-8-12-17-14(9-11-16-17)13-15-10-4-2/h9,11,15H,3-8,10,12-13H2,1-2H3. The summed E-state index contributed by atoms with van der Waals surface area (Å²) in [5, 5.41) is 7.82. The van der Waals surface area contributed by atoms with Crippen molar-refractivity contribution in [3.63, 3.8) is 0 Å². The van der Waals surface area contributed by atoms with Crippen molar-refractivity contribution in [3.8, 4) is 0 Å². The lowest BCUT2D eigenvalue weighted by atomic mass is 10.1. The molecule has 0 atom stereocenters. The van der Waals surface area contributed by atoms with Gasteiger partial charge in [-0.15, -0.1) is 0 Å². The molecule has 0 bridgehead atoms. The predicted molar refractivity (Wildman–Crippen MR) is 73.0 cm³/mol. The zero-order valence-corrected chi connectivity index (χ0v) is 11.4. The van der Waals surface area contributed by atoms with E-state index in [1.165, 1.54) is 44.2 Å². The Morgan fingerprint density at radius 3 is 2.71 bits per heavy atom. The Morgan fingerprint density at radius 2 is 1.94 bits per heavy atom. The molecule has 0 aromatic carbocycles. The SMILES string of the molecule is CCCCCCCn1nccc1CNCCC. The fourth-order valence-corrected chi connectivity index (χ4v) is 1.97. The van der Waals surface area contributed by atoms with Crippen LogP contribution in [0.15, 0.2) is 12.3 Å². The number of rotatable bonds is 10. The van der Waals surface area contributed by atoms with Crippen molar-refractivity contribution in [3.05, 3.63) is 18.0 Å². The molecule has 1 aromatic heterocycles. The number of hydrogen-bond acceptors (Lipinski definition) is 2. The van der Waals surface area contributed by atoms with Crippen molar-refractivity contribution in [2.45, 2.75) is 65.5 Å². The Balaban J connectivity index is 2.20. The van der Waals surface area contributed by atoms with E-state index in [2.05, 4.69) is 35.0 Å². The fraction of sp³-hybridized carbons (Fsp3) is 0.786. The van der Waals surface area contributed by atoms with E-state index in [-0.39, 0.29) is 0 Å². The summed E-state index contributed by atoms with van der Waals surface area (Å²) in [4.78, 5) is 0. The minimum absolute atomic E-state index is 0.947. The van der Waals surface area contributed by atoms with E-state index in [0.29, 0.717) is 0 Å². The number of nitrogens with zero attached hydrogens (tertiary/aromatic N) is 2. The van der Waals surface area contributed by atoms with Gasteiger partial charge in [-0.1, -0.05) is 39.5 Å². The Morgan fingerprint density at radius 1 is 1.12 bits per heavy atom. The first-order valence-corrected chi connectivity index (χ1v) is 7.09. The summed E-state index contributed by atoms with van der Waals surface area (Å²) in [7, 11) is 0. The Kier molecular flexibility index (Phi) is 7.72. The number of hydrogen-bond donors (Lipinski definition) is 1. The summed E-state index contributed by atoms with van der Waals surface area (Å²) in [5.41, 5.74) is 1.31. The van der Waals surface area contributed by atoms with E-state index >= 15 is 0 Å². The van der Waals surface area contributed by atoms with E-state index < -0.39 is 0 Å². The third-order valence-corrected chi connectivity index (χ3v) is 3.01. The van der Waals surface area contributed by atoms with Crippen molar-refractivity contribution in [1.29, 1.82) is 0 Å². The molecule has 0 fully saturated rings. The van der Waals surface area contributed by atoms with Crippen molar-refractivity contribution in [2.75, 3.05) is 6.54 Å². The second kappa shape index (κ2) is 9.23. The molecule has 0 radical (unpaired) electrons. The van der Waals surface area contributed by atoms with Gasteiger partial charge in [0.2, 0.25) is 0 Å². The van der Waals surface area contributed by atoms with Crippen molar-refractivity contribution in [1.82, 2.24) is 15.1 Å². The van der Waals surface area contributed by atoms with Gasteiger partial charge in [0, 0.05) is 19.3 Å². The van der Waals surface area contributed by atoms with Crippen LogP contribution in [0.3, 0.4) is 0 Å². The van der Waals surface area contributed by atoms with Crippen LogP contribution in [-0.4, -0.2) is 16.3 Å². The highest BCUT2D eigenvalue weighted by Gasteiger charge is 2.01. The van der Waals surface area contributed by atoms with E-state index in [9.17, 15) is 0 Å². The van der Waals surface area contributed by atoms with Crippen LogP contribution in [0.2, 0.25) is 0 Å². The molecular formula is C14H27N3. The quantitative estimate of drug-likeness (QED) is 0.632. The molecule has 1 aromatic rings. The summed E-state index contributed by atoms with van der Waals surface area (Å²) >= 11 is 0. The third kappa shape index (κ3) is 5.87. The van der Waals surface area contributed by atoms with E-state index in [1.807, 2.05) is 6.20 Å². The average molecular weight is 237 g/mol. The van der Waals surface area contributed by atoms with Gasteiger partial charge in [0.1, 0.15) is 0 Å². The summed E-state index contributed by atoms with van der Waals surface area (Å²) in [6, 6.07) is 2.12. The maximum Gasteiger partial charge on any atom is 0.0522 e. The first kappa shape index (κ1) is 14.2. The van der Waals surface area contributed by atoms with Gasteiger partial charge in [0.25, 0.3) is 0 Å². The Bertz CT molecular complexity index is 281. The summed E-state index contributed by atoms with van der Waals surface area (Å²) in [6.45, 7) is 7.55. The fourth-order valence-electron chi connectivity index (χ4n) is 1.97. The zero-order valence-electron chi connectivity index (χ0n) is 11.4. The van der Waals surface area contributed by atoms with Crippen molar-refractivity contribution >= 4 is 0 Å². The highest BCUT2D eigenvalue weighted by Crippen LogP contribution is 2.06. The zero-order chi connectivity index (χ0) is 12.3. The van der Waals surface area contributed by atoms with Gasteiger partial charge in [0.15, 0.2) is 0 Å². The smallest absolute Gasteiger partial charge is 0.0522 e. The van der Waals surface area contributed by atoms with Crippen LogP contribution in [-0.2, 0) is 13.1 Å². The minimum atomic E-state index is 0.947. The van der Waals surface area contributed by atoms with Gasteiger partial charge in [-0.25, -0.2) is 0 Å². The Labute approximate surface area is 106 Å². The maximum absolute atomic E-state index is 4.39. The molecule has 1 N–H and O–H groups in total. The maximum atomic E-state index is 4.39. The molecule has 1 heterocycles. The average Bonchev–Trinajstić information content (AvgIpc) is 2.77. The van der Waals surface area contributed by atoms with Gasteiger partial charge in [-0.3, -0.25) is 4.68 Å². The molecule has 0 aliphatic carbocycles. The molecule has 3 nitrogen and oxygen atoms in total. The molecule has 0 spiro atoms. The summed E-state index contributed by atoms with van der Waals surface area (Å²) < 4.78 is 2.15. The third-order valence-electron chi connectivity index (χ3n) is 3.01. The van der Waals surface area contributed by atoms with E-state index in [1.54, 1.807) is 0 Å². The van der Waals surface area contributed by atoms with Crippen molar-refractivity contribution in [2.24, 2.45) is 0 Å². The topological polar surface area (TPSA) is 29.9 Å². The van der Waals surface area contributed by atoms with E-state index in [4.69, 9.17) is 0 Å². The molecule has 0 saturated heterocycles. The van der Waals surface area contributed by atoms with Gasteiger partial charge in [-0.05, 0) is 25.5 Å². The molecule has 0 saturated carbocycles. The van der Waals surface area contributed by atoms with Gasteiger partial charge < -0.3 is 5.32 Å². The molecule has 0 amide bonds. The molecule has 1 rings (SSSR count). The first-order chi connectivity index (χ1) is 8.38. The van der Waals surface area contributed by atoms with Crippen LogP contribution >= 0.6 is 0 Å². The number of nitrogens with one attached hydrogen (secondary N) is 1. The van der Waals surface area contributed by atoms with Crippen molar-refractivity contribution < 1.29 is 0 Å². The van der Waals surface area contributed by atoms with Crippen LogP contribution in [0.4, 0.5) is 0 Å². The molecule has 98 valence electrons. The number of unbranched alkanes of at least 4 members (excludes halogenated alkanes) is 4. The predicted octanol–water partition coefficient (Wildman–Crippen LogP) is 3.35. The highest BCUT2D eigenvalue weighted by molar-refractivity contribution is 4.99.